The lowest BCUT2D eigenvalue weighted by Crippen LogP contribution is -2.20. The molecular formula is C21H16FN3. The number of hydrogen-bond donors (Lipinski definition) is 1. The van der Waals surface area contributed by atoms with Gasteiger partial charge in [0.05, 0.1) is 11.4 Å². The SMILES string of the molecule is NC1=Nc2ccccc2C(c2ccc(F)cc2)=NC1c1ccccc1. The highest BCUT2D eigenvalue weighted by Gasteiger charge is 2.22. The monoisotopic (exact) mass is 329 g/mol. The number of para-hydroxylation sites is 1. The standard InChI is InChI=1S/C21H16FN3/c22-16-12-10-15(11-13-16)19-17-8-4-5-9-18(17)24-21(23)20(25-19)14-6-2-1-3-7-14/h1-13,20H,(H2,23,24). The highest BCUT2D eigenvalue weighted by molar-refractivity contribution is 6.17. The molecular weight excluding hydrogens is 313 g/mol. The van der Waals surface area contributed by atoms with E-state index in [0.29, 0.717) is 5.84 Å². The summed E-state index contributed by atoms with van der Waals surface area (Å²) in [6.07, 6.45) is 0. The van der Waals surface area contributed by atoms with Gasteiger partial charge in [0.1, 0.15) is 17.7 Å². The van der Waals surface area contributed by atoms with E-state index in [1.54, 1.807) is 12.1 Å². The molecule has 1 atom stereocenters. The molecule has 0 amide bonds. The Hall–Kier alpha value is -3.27. The third-order valence-corrected chi connectivity index (χ3v) is 4.18. The first-order valence-electron chi connectivity index (χ1n) is 8.04. The van der Waals surface area contributed by atoms with Crippen LogP contribution < -0.4 is 5.73 Å². The summed E-state index contributed by atoms with van der Waals surface area (Å²) in [5.41, 5.74) is 10.5. The van der Waals surface area contributed by atoms with Crippen molar-refractivity contribution in [2.45, 2.75) is 6.04 Å². The minimum atomic E-state index is -0.381. The van der Waals surface area contributed by atoms with E-state index in [0.717, 1.165) is 28.1 Å². The Kier molecular flexibility index (Phi) is 3.86. The van der Waals surface area contributed by atoms with Crippen molar-refractivity contribution in [3.8, 4) is 0 Å². The van der Waals surface area contributed by atoms with E-state index in [9.17, 15) is 4.39 Å². The smallest absolute Gasteiger partial charge is 0.133 e. The first-order chi connectivity index (χ1) is 12.2. The molecule has 0 saturated carbocycles. The van der Waals surface area contributed by atoms with Crippen LogP contribution in [-0.4, -0.2) is 11.5 Å². The molecule has 0 saturated heterocycles. The Balaban J connectivity index is 1.94. The van der Waals surface area contributed by atoms with Gasteiger partial charge in [-0.1, -0.05) is 48.5 Å². The molecule has 3 aromatic carbocycles. The van der Waals surface area contributed by atoms with Crippen LogP contribution in [0.3, 0.4) is 0 Å². The van der Waals surface area contributed by atoms with E-state index in [1.807, 2.05) is 54.6 Å². The number of benzene rings is 3. The fraction of sp³-hybridized carbons (Fsp3) is 0.0476. The van der Waals surface area contributed by atoms with Crippen molar-refractivity contribution < 1.29 is 4.39 Å². The first kappa shape index (κ1) is 15.3. The van der Waals surface area contributed by atoms with Gasteiger partial charge in [0.2, 0.25) is 0 Å². The number of fused-ring (bicyclic) bond motifs is 1. The minimum absolute atomic E-state index is 0.276. The van der Waals surface area contributed by atoms with Gasteiger partial charge in [0.25, 0.3) is 0 Å². The normalized spacial score (nSPS) is 16.4. The van der Waals surface area contributed by atoms with Gasteiger partial charge in [-0.25, -0.2) is 9.38 Å². The fourth-order valence-electron chi connectivity index (χ4n) is 2.95. The number of nitrogens with zero attached hydrogens (tertiary/aromatic N) is 2. The van der Waals surface area contributed by atoms with E-state index in [-0.39, 0.29) is 11.9 Å². The summed E-state index contributed by atoms with van der Waals surface area (Å²) in [5.74, 6) is 0.164. The lowest BCUT2D eigenvalue weighted by atomic mass is 10.00. The molecule has 0 fully saturated rings. The molecule has 122 valence electrons. The van der Waals surface area contributed by atoms with E-state index in [1.165, 1.54) is 12.1 Å². The zero-order chi connectivity index (χ0) is 17.2. The number of aliphatic imine (C=N–C) groups is 2. The third kappa shape index (κ3) is 2.94. The second-order valence-electron chi connectivity index (χ2n) is 5.85. The summed E-state index contributed by atoms with van der Waals surface area (Å²) in [7, 11) is 0. The predicted octanol–water partition coefficient (Wildman–Crippen LogP) is 4.41. The van der Waals surface area contributed by atoms with Gasteiger partial charge >= 0.3 is 0 Å². The average Bonchev–Trinajstić information content (AvgIpc) is 2.79. The Labute approximate surface area is 145 Å². The zero-order valence-electron chi connectivity index (χ0n) is 13.4. The van der Waals surface area contributed by atoms with Crippen LogP contribution in [0, 0.1) is 5.82 Å². The molecule has 4 rings (SSSR count). The molecule has 1 heterocycles. The van der Waals surface area contributed by atoms with Crippen LogP contribution in [0.4, 0.5) is 10.1 Å². The number of rotatable bonds is 2. The lowest BCUT2D eigenvalue weighted by molar-refractivity contribution is 0.628. The van der Waals surface area contributed by atoms with Crippen LogP contribution in [0.25, 0.3) is 0 Å². The van der Waals surface area contributed by atoms with E-state index in [2.05, 4.69) is 4.99 Å². The molecule has 1 aliphatic rings. The molecule has 0 bridgehead atoms. The number of halogens is 1. The highest BCUT2D eigenvalue weighted by Crippen LogP contribution is 2.30. The quantitative estimate of drug-likeness (QED) is 0.744. The fourth-order valence-corrected chi connectivity index (χ4v) is 2.95. The van der Waals surface area contributed by atoms with Crippen LogP contribution in [-0.2, 0) is 0 Å². The molecule has 2 N–H and O–H groups in total. The van der Waals surface area contributed by atoms with E-state index < -0.39 is 0 Å². The van der Waals surface area contributed by atoms with Gasteiger partial charge in [-0.15, -0.1) is 0 Å². The van der Waals surface area contributed by atoms with Gasteiger partial charge in [0, 0.05) is 11.1 Å². The lowest BCUT2D eigenvalue weighted by Gasteiger charge is -2.13. The topological polar surface area (TPSA) is 50.7 Å². The van der Waals surface area contributed by atoms with Crippen LogP contribution >= 0.6 is 0 Å². The molecule has 1 aliphatic heterocycles. The molecule has 0 spiro atoms. The van der Waals surface area contributed by atoms with E-state index in [4.69, 9.17) is 10.7 Å². The Morgan fingerprint density at radius 3 is 2.24 bits per heavy atom. The van der Waals surface area contributed by atoms with Crippen LogP contribution in [0.2, 0.25) is 0 Å². The van der Waals surface area contributed by atoms with Gasteiger partial charge in [0.15, 0.2) is 0 Å². The maximum atomic E-state index is 13.4. The molecule has 4 heteroatoms. The van der Waals surface area contributed by atoms with Crippen LogP contribution in [0.5, 0.6) is 0 Å². The summed E-state index contributed by atoms with van der Waals surface area (Å²) in [6.45, 7) is 0. The maximum Gasteiger partial charge on any atom is 0.133 e. The van der Waals surface area contributed by atoms with Crippen molar-refractivity contribution in [2.24, 2.45) is 15.7 Å². The highest BCUT2D eigenvalue weighted by atomic mass is 19.1. The second kappa shape index (κ2) is 6.32. The number of nitrogens with two attached hydrogens (primary N) is 1. The summed E-state index contributed by atoms with van der Waals surface area (Å²) in [4.78, 5) is 9.50. The average molecular weight is 329 g/mol. The summed E-state index contributed by atoms with van der Waals surface area (Å²) in [5, 5.41) is 0. The molecule has 1 unspecified atom stereocenters. The van der Waals surface area contributed by atoms with Crippen LogP contribution in [0.15, 0.2) is 88.8 Å². The van der Waals surface area contributed by atoms with Gasteiger partial charge < -0.3 is 5.73 Å². The van der Waals surface area contributed by atoms with Crippen molar-refractivity contribution in [1.29, 1.82) is 0 Å². The summed E-state index contributed by atoms with van der Waals surface area (Å²) >= 11 is 0. The van der Waals surface area contributed by atoms with Crippen molar-refractivity contribution in [1.82, 2.24) is 0 Å². The van der Waals surface area contributed by atoms with E-state index >= 15 is 0 Å². The first-order valence-corrected chi connectivity index (χ1v) is 8.04. The van der Waals surface area contributed by atoms with Gasteiger partial charge in [-0.2, -0.15) is 0 Å². The Morgan fingerprint density at radius 2 is 1.48 bits per heavy atom. The van der Waals surface area contributed by atoms with Crippen molar-refractivity contribution in [3.05, 3.63) is 101 Å². The van der Waals surface area contributed by atoms with Gasteiger partial charge in [-0.3, -0.25) is 4.99 Å². The number of hydrogen-bond acceptors (Lipinski definition) is 3. The zero-order valence-corrected chi connectivity index (χ0v) is 13.4. The molecule has 0 aliphatic carbocycles. The van der Waals surface area contributed by atoms with Crippen molar-refractivity contribution >= 4 is 17.2 Å². The Bertz CT molecular complexity index is 960. The minimum Gasteiger partial charge on any atom is -0.385 e. The van der Waals surface area contributed by atoms with Crippen LogP contribution in [0.1, 0.15) is 22.7 Å². The molecule has 3 aromatic rings. The van der Waals surface area contributed by atoms with Crippen molar-refractivity contribution in [2.75, 3.05) is 0 Å². The van der Waals surface area contributed by atoms with Crippen molar-refractivity contribution in [3.63, 3.8) is 0 Å². The molecule has 0 aromatic heterocycles. The third-order valence-electron chi connectivity index (χ3n) is 4.18. The molecule has 3 nitrogen and oxygen atoms in total. The maximum absolute atomic E-state index is 13.4. The Morgan fingerprint density at radius 1 is 0.800 bits per heavy atom. The summed E-state index contributed by atoms with van der Waals surface area (Å²) in [6, 6.07) is 23.5. The van der Waals surface area contributed by atoms with Gasteiger partial charge in [-0.05, 0) is 35.9 Å². The largest absolute Gasteiger partial charge is 0.385 e. The second-order valence-corrected chi connectivity index (χ2v) is 5.85. The number of amidine groups is 1. The molecule has 25 heavy (non-hydrogen) atoms. The molecule has 0 radical (unpaired) electrons. The predicted molar refractivity (Wildman–Crippen MR) is 98.9 cm³/mol. The summed E-state index contributed by atoms with van der Waals surface area (Å²) < 4.78 is 13.4.